The van der Waals surface area contributed by atoms with Crippen LogP contribution in [0, 0.1) is 6.92 Å². The molecule has 1 aliphatic rings. The number of hydrogen-bond acceptors (Lipinski definition) is 9. The maximum absolute atomic E-state index is 13.9. The van der Waals surface area contributed by atoms with Gasteiger partial charge in [0.25, 0.3) is 5.56 Å². The van der Waals surface area contributed by atoms with E-state index in [0.29, 0.717) is 43.4 Å². The summed E-state index contributed by atoms with van der Waals surface area (Å²) in [4.78, 5) is 44.1. The summed E-state index contributed by atoms with van der Waals surface area (Å²) >= 11 is 4.70. The van der Waals surface area contributed by atoms with Gasteiger partial charge in [-0.1, -0.05) is 33.3 Å². The van der Waals surface area contributed by atoms with Crippen LogP contribution in [0.3, 0.4) is 0 Å². The smallest absolute Gasteiger partial charge is 0.338 e. The number of halogens is 1. The molecule has 0 amide bonds. The number of hydrogen-bond donors (Lipinski definition) is 0. The monoisotopic (exact) mass is 650 g/mol. The van der Waals surface area contributed by atoms with Crippen LogP contribution in [-0.4, -0.2) is 37.3 Å². The fourth-order valence-electron chi connectivity index (χ4n) is 4.89. The number of ether oxygens (including phenoxy) is 3. The molecule has 0 radical (unpaired) electrons. The number of esters is 2. The molecule has 2 aromatic carbocycles. The van der Waals surface area contributed by atoms with E-state index in [9.17, 15) is 14.4 Å². The van der Waals surface area contributed by atoms with E-state index in [2.05, 4.69) is 20.9 Å². The van der Waals surface area contributed by atoms with Crippen LogP contribution in [0.2, 0.25) is 0 Å². The predicted molar refractivity (Wildman–Crippen MR) is 161 cm³/mol. The van der Waals surface area contributed by atoms with Gasteiger partial charge in [0, 0.05) is 21.7 Å². The Morgan fingerprint density at radius 2 is 1.88 bits per heavy atom. The Bertz CT molecular complexity index is 1930. The van der Waals surface area contributed by atoms with Crippen molar-refractivity contribution in [3.05, 3.63) is 106 Å². The number of fused-ring (bicyclic) bond motifs is 1. The lowest BCUT2D eigenvalue weighted by atomic mass is 9.95. The van der Waals surface area contributed by atoms with Crippen molar-refractivity contribution < 1.29 is 28.2 Å². The fourth-order valence-corrected chi connectivity index (χ4v) is 6.30. The molecule has 0 bridgehead atoms. The number of thiazole rings is 1. The number of nitrogens with zero attached hydrogens (tertiary/aromatic N) is 2. The first-order valence-electron chi connectivity index (χ1n) is 13.0. The lowest BCUT2D eigenvalue weighted by Gasteiger charge is -2.26. The fraction of sp³-hybridized carbons (Fsp3) is 0.226. The summed E-state index contributed by atoms with van der Waals surface area (Å²) in [6.45, 7) is 5.51. The Morgan fingerprint density at radius 1 is 1.10 bits per heavy atom. The number of aromatic nitrogens is 1. The summed E-state index contributed by atoms with van der Waals surface area (Å²) in [5, 5.41) is 0. The molecule has 0 saturated carbocycles. The van der Waals surface area contributed by atoms with E-state index in [1.54, 1.807) is 56.3 Å². The second kappa shape index (κ2) is 11.9. The van der Waals surface area contributed by atoms with Gasteiger partial charge < -0.3 is 18.6 Å². The Hall–Kier alpha value is -4.22. The van der Waals surface area contributed by atoms with Crippen molar-refractivity contribution >= 4 is 45.3 Å². The Balaban J connectivity index is 1.63. The highest BCUT2D eigenvalue weighted by molar-refractivity contribution is 9.10. The minimum atomic E-state index is -0.821. The second-order valence-electron chi connectivity index (χ2n) is 9.41. The molecule has 9 nitrogen and oxygen atoms in total. The predicted octanol–water partition coefficient (Wildman–Crippen LogP) is 4.92. The van der Waals surface area contributed by atoms with Crippen LogP contribution in [-0.2, 0) is 14.3 Å². The molecule has 42 heavy (non-hydrogen) atoms. The zero-order chi connectivity index (χ0) is 30.1. The summed E-state index contributed by atoms with van der Waals surface area (Å²) in [6.07, 6.45) is 1.66. The van der Waals surface area contributed by atoms with Gasteiger partial charge in [0.05, 0.1) is 42.2 Å². The normalized spacial score (nSPS) is 14.8. The maximum atomic E-state index is 13.9. The molecule has 4 aromatic rings. The molecule has 0 unspecified atom stereocenters. The SMILES string of the molecule is CCOC(=O)C1=C(C)N=c2s/c(=C\c3ccc(-c4ccc(C(=O)OC)cc4C)o3)c(=O)n2[C@@H]1c1cc(Br)ccc1OC. The molecule has 3 heterocycles. The van der Waals surface area contributed by atoms with E-state index >= 15 is 0 Å². The van der Waals surface area contributed by atoms with Gasteiger partial charge in [-0.3, -0.25) is 9.36 Å². The molecule has 0 aliphatic carbocycles. The van der Waals surface area contributed by atoms with Crippen LogP contribution in [0.1, 0.15) is 47.1 Å². The van der Waals surface area contributed by atoms with Crippen LogP contribution in [0.25, 0.3) is 17.4 Å². The van der Waals surface area contributed by atoms with Gasteiger partial charge in [-0.15, -0.1) is 0 Å². The molecule has 0 saturated heterocycles. The van der Waals surface area contributed by atoms with E-state index in [1.165, 1.54) is 30.1 Å². The van der Waals surface area contributed by atoms with Crippen molar-refractivity contribution in [3.8, 4) is 17.1 Å². The molecule has 0 fully saturated rings. The number of furan rings is 1. The average molecular weight is 652 g/mol. The topological polar surface area (TPSA) is 109 Å². The van der Waals surface area contributed by atoms with Gasteiger partial charge in [0.2, 0.25) is 0 Å². The van der Waals surface area contributed by atoms with E-state index in [-0.39, 0.29) is 17.7 Å². The van der Waals surface area contributed by atoms with Crippen molar-refractivity contribution in [1.29, 1.82) is 0 Å². The number of carbonyl (C=O) groups is 2. The summed E-state index contributed by atoms with van der Waals surface area (Å²) in [5.74, 6) is 0.591. The lowest BCUT2D eigenvalue weighted by molar-refractivity contribution is -0.139. The minimum absolute atomic E-state index is 0.175. The summed E-state index contributed by atoms with van der Waals surface area (Å²) in [6, 6.07) is 13.4. The van der Waals surface area contributed by atoms with Crippen molar-refractivity contribution in [1.82, 2.24) is 4.57 Å². The number of allylic oxidation sites excluding steroid dienone is 1. The number of rotatable bonds is 7. The molecular weight excluding hydrogens is 624 g/mol. The van der Waals surface area contributed by atoms with E-state index in [1.807, 2.05) is 19.1 Å². The van der Waals surface area contributed by atoms with E-state index in [4.69, 9.17) is 18.6 Å². The highest BCUT2D eigenvalue weighted by atomic mass is 79.9. The van der Waals surface area contributed by atoms with Gasteiger partial charge in [-0.25, -0.2) is 14.6 Å². The maximum Gasteiger partial charge on any atom is 0.338 e. The molecule has 0 N–H and O–H groups in total. The van der Waals surface area contributed by atoms with Gasteiger partial charge in [-0.05, 0) is 68.8 Å². The zero-order valence-electron chi connectivity index (χ0n) is 23.5. The highest BCUT2D eigenvalue weighted by Crippen LogP contribution is 2.37. The molecule has 0 spiro atoms. The number of aryl methyl sites for hydroxylation is 1. The van der Waals surface area contributed by atoms with Crippen LogP contribution in [0.15, 0.2) is 78.5 Å². The molecule has 1 aliphatic heterocycles. The van der Waals surface area contributed by atoms with Gasteiger partial charge in [-0.2, -0.15) is 0 Å². The molecule has 11 heteroatoms. The van der Waals surface area contributed by atoms with Crippen molar-refractivity contribution in [2.24, 2.45) is 4.99 Å². The van der Waals surface area contributed by atoms with Crippen LogP contribution in [0.5, 0.6) is 5.75 Å². The van der Waals surface area contributed by atoms with E-state index in [0.717, 1.165) is 15.6 Å². The van der Waals surface area contributed by atoms with E-state index < -0.39 is 18.0 Å². The number of benzene rings is 2. The van der Waals surface area contributed by atoms with Crippen LogP contribution < -0.4 is 19.6 Å². The Kier molecular flexibility index (Phi) is 8.33. The molecule has 216 valence electrons. The van der Waals surface area contributed by atoms with Gasteiger partial charge in [0.1, 0.15) is 23.3 Å². The van der Waals surface area contributed by atoms with Crippen molar-refractivity contribution in [2.75, 3.05) is 20.8 Å². The summed E-state index contributed by atoms with van der Waals surface area (Å²) in [7, 11) is 2.88. The Morgan fingerprint density at radius 3 is 2.57 bits per heavy atom. The zero-order valence-corrected chi connectivity index (χ0v) is 25.9. The van der Waals surface area contributed by atoms with Gasteiger partial charge >= 0.3 is 11.9 Å². The van der Waals surface area contributed by atoms with Crippen molar-refractivity contribution in [3.63, 3.8) is 0 Å². The molecular formula is C31H27BrN2O7S. The van der Waals surface area contributed by atoms with Gasteiger partial charge in [0.15, 0.2) is 4.80 Å². The number of carbonyl (C=O) groups excluding carboxylic acids is 2. The second-order valence-corrected chi connectivity index (χ2v) is 11.3. The average Bonchev–Trinajstić information content (AvgIpc) is 3.55. The third-order valence-electron chi connectivity index (χ3n) is 6.82. The lowest BCUT2D eigenvalue weighted by Crippen LogP contribution is -2.40. The molecule has 2 aromatic heterocycles. The first-order chi connectivity index (χ1) is 20.2. The van der Waals surface area contributed by atoms with Crippen LogP contribution in [0.4, 0.5) is 0 Å². The Labute approximate surface area is 253 Å². The third kappa shape index (κ3) is 5.37. The molecule has 1 atom stereocenters. The molecule has 5 rings (SSSR count). The van der Waals surface area contributed by atoms with Crippen molar-refractivity contribution in [2.45, 2.75) is 26.8 Å². The largest absolute Gasteiger partial charge is 0.496 e. The van der Waals surface area contributed by atoms with Crippen LogP contribution >= 0.6 is 27.3 Å². The quantitative estimate of drug-likeness (QED) is 0.261. The standard InChI is InChI=1S/C31H27BrN2O7S/c1-6-40-30(37)26-17(3)33-31-34(27(26)22-14-19(32)8-11-23(22)38-4)28(35)25(42-31)15-20-9-12-24(41-20)21-10-7-18(13-16(21)2)29(36)39-5/h7-15,27H,6H2,1-5H3/b25-15-/t27-/m1/s1. The number of methoxy groups -OCH3 is 2. The minimum Gasteiger partial charge on any atom is -0.496 e. The summed E-state index contributed by atoms with van der Waals surface area (Å²) in [5.41, 5.74) is 3.08. The third-order valence-corrected chi connectivity index (χ3v) is 8.29. The first-order valence-corrected chi connectivity index (χ1v) is 14.6. The summed E-state index contributed by atoms with van der Waals surface area (Å²) < 4.78 is 24.5. The highest BCUT2D eigenvalue weighted by Gasteiger charge is 2.35. The first kappa shape index (κ1) is 29.3.